The third-order valence-electron chi connectivity index (χ3n) is 4.25. The first-order chi connectivity index (χ1) is 10.3. The third kappa shape index (κ3) is 3.04. The van der Waals surface area contributed by atoms with Gasteiger partial charge in [0.15, 0.2) is 0 Å². The van der Waals surface area contributed by atoms with E-state index in [1.807, 2.05) is 10.9 Å². The maximum atomic E-state index is 4.31. The van der Waals surface area contributed by atoms with Gasteiger partial charge in [0.2, 0.25) is 0 Å². The summed E-state index contributed by atoms with van der Waals surface area (Å²) >= 11 is 0. The van der Waals surface area contributed by atoms with Crippen LogP contribution in [-0.2, 0) is 13.1 Å². The Morgan fingerprint density at radius 2 is 2.00 bits per heavy atom. The van der Waals surface area contributed by atoms with Crippen LogP contribution in [0.2, 0.25) is 0 Å². The molecule has 1 aromatic carbocycles. The Morgan fingerprint density at radius 3 is 2.71 bits per heavy atom. The van der Waals surface area contributed by atoms with Crippen LogP contribution in [0.3, 0.4) is 0 Å². The SMILES string of the molecule is CCn1nccc1CNc1ccc(N2CCCC2)cc1C. The average molecular weight is 284 g/mol. The lowest BCUT2D eigenvalue weighted by atomic mass is 10.1. The van der Waals surface area contributed by atoms with Crippen molar-refractivity contribution in [2.75, 3.05) is 23.3 Å². The molecular formula is C17H24N4. The van der Waals surface area contributed by atoms with Crippen LogP contribution in [-0.4, -0.2) is 22.9 Å². The Labute approximate surface area is 126 Å². The van der Waals surface area contributed by atoms with Crippen molar-refractivity contribution in [3.63, 3.8) is 0 Å². The first-order valence-electron chi connectivity index (χ1n) is 7.88. The van der Waals surface area contributed by atoms with Gasteiger partial charge in [0.05, 0.1) is 12.2 Å². The zero-order chi connectivity index (χ0) is 14.7. The van der Waals surface area contributed by atoms with E-state index in [2.05, 4.69) is 53.4 Å². The summed E-state index contributed by atoms with van der Waals surface area (Å²) in [6.07, 6.45) is 4.50. The van der Waals surface area contributed by atoms with E-state index in [1.165, 1.54) is 48.6 Å². The standard InChI is InChI=1S/C17H24N4/c1-3-21-16(8-9-19-21)13-18-17-7-6-15(12-14(17)2)20-10-4-5-11-20/h6-9,12,18H,3-5,10-11,13H2,1-2H3. The van der Waals surface area contributed by atoms with Crippen LogP contribution in [0.25, 0.3) is 0 Å². The van der Waals surface area contributed by atoms with Crippen LogP contribution in [0.1, 0.15) is 31.0 Å². The molecule has 1 aliphatic heterocycles. The summed E-state index contributed by atoms with van der Waals surface area (Å²) in [5, 5.41) is 7.83. The predicted molar refractivity (Wildman–Crippen MR) is 87.9 cm³/mol. The summed E-state index contributed by atoms with van der Waals surface area (Å²) < 4.78 is 2.03. The van der Waals surface area contributed by atoms with E-state index in [-0.39, 0.29) is 0 Å². The molecule has 112 valence electrons. The van der Waals surface area contributed by atoms with Gasteiger partial charge in [-0.1, -0.05) is 0 Å². The molecule has 0 aliphatic carbocycles. The molecule has 0 bridgehead atoms. The van der Waals surface area contributed by atoms with Crippen molar-refractivity contribution in [1.82, 2.24) is 9.78 Å². The zero-order valence-corrected chi connectivity index (χ0v) is 13.0. The summed E-state index contributed by atoms with van der Waals surface area (Å²) in [4.78, 5) is 2.48. The Morgan fingerprint density at radius 1 is 1.19 bits per heavy atom. The molecule has 0 radical (unpaired) electrons. The topological polar surface area (TPSA) is 33.1 Å². The fourth-order valence-corrected chi connectivity index (χ4v) is 3.00. The molecule has 0 amide bonds. The Kier molecular flexibility index (Phi) is 4.13. The normalized spacial score (nSPS) is 14.7. The molecule has 0 unspecified atom stereocenters. The first-order valence-corrected chi connectivity index (χ1v) is 7.88. The molecule has 2 heterocycles. The second-order valence-electron chi connectivity index (χ2n) is 5.69. The number of nitrogens with one attached hydrogen (secondary N) is 1. The lowest BCUT2D eigenvalue weighted by molar-refractivity contribution is 0.627. The summed E-state index contributed by atoms with van der Waals surface area (Å²) in [7, 11) is 0. The van der Waals surface area contributed by atoms with E-state index in [4.69, 9.17) is 0 Å². The minimum Gasteiger partial charge on any atom is -0.379 e. The Bertz CT molecular complexity index is 597. The van der Waals surface area contributed by atoms with Gasteiger partial charge in [0.25, 0.3) is 0 Å². The van der Waals surface area contributed by atoms with E-state index in [1.54, 1.807) is 0 Å². The van der Waals surface area contributed by atoms with E-state index in [0.717, 1.165) is 13.1 Å². The van der Waals surface area contributed by atoms with Crippen molar-refractivity contribution in [3.8, 4) is 0 Å². The maximum absolute atomic E-state index is 4.31. The number of anilines is 2. The molecule has 1 saturated heterocycles. The quantitative estimate of drug-likeness (QED) is 0.913. The Hall–Kier alpha value is -1.97. The number of rotatable bonds is 5. The van der Waals surface area contributed by atoms with Crippen molar-refractivity contribution in [2.45, 2.75) is 39.8 Å². The molecule has 0 saturated carbocycles. The van der Waals surface area contributed by atoms with Crippen molar-refractivity contribution in [3.05, 3.63) is 41.7 Å². The minimum absolute atomic E-state index is 0.817. The van der Waals surface area contributed by atoms with Gasteiger partial charge in [-0.05, 0) is 56.5 Å². The molecule has 4 heteroatoms. The maximum Gasteiger partial charge on any atom is 0.0575 e. The monoisotopic (exact) mass is 284 g/mol. The van der Waals surface area contributed by atoms with Gasteiger partial charge in [-0.15, -0.1) is 0 Å². The van der Waals surface area contributed by atoms with Crippen LogP contribution >= 0.6 is 0 Å². The van der Waals surface area contributed by atoms with Crippen molar-refractivity contribution in [1.29, 1.82) is 0 Å². The summed E-state index contributed by atoms with van der Waals surface area (Å²) in [6, 6.07) is 8.81. The van der Waals surface area contributed by atoms with Crippen molar-refractivity contribution in [2.24, 2.45) is 0 Å². The molecule has 3 rings (SSSR count). The molecule has 1 aromatic heterocycles. The largest absolute Gasteiger partial charge is 0.379 e. The number of aryl methyl sites for hydroxylation is 2. The highest BCUT2D eigenvalue weighted by molar-refractivity contribution is 5.60. The van der Waals surface area contributed by atoms with Gasteiger partial charge in [-0.2, -0.15) is 5.10 Å². The molecular weight excluding hydrogens is 260 g/mol. The number of hydrogen-bond acceptors (Lipinski definition) is 3. The molecule has 0 spiro atoms. The fourth-order valence-electron chi connectivity index (χ4n) is 3.00. The van der Waals surface area contributed by atoms with Gasteiger partial charge in [0, 0.05) is 37.2 Å². The smallest absolute Gasteiger partial charge is 0.0575 e. The van der Waals surface area contributed by atoms with Crippen LogP contribution in [0.4, 0.5) is 11.4 Å². The van der Waals surface area contributed by atoms with Gasteiger partial charge < -0.3 is 10.2 Å². The predicted octanol–water partition coefficient (Wildman–Crippen LogP) is 3.42. The summed E-state index contributed by atoms with van der Waals surface area (Å²) in [5.41, 5.74) is 5.10. The van der Waals surface area contributed by atoms with Gasteiger partial charge in [-0.3, -0.25) is 4.68 Å². The molecule has 4 nitrogen and oxygen atoms in total. The lowest BCUT2D eigenvalue weighted by Gasteiger charge is -2.19. The highest BCUT2D eigenvalue weighted by atomic mass is 15.3. The van der Waals surface area contributed by atoms with E-state index in [9.17, 15) is 0 Å². The van der Waals surface area contributed by atoms with Crippen LogP contribution in [0.15, 0.2) is 30.5 Å². The van der Waals surface area contributed by atoms with Crippen LogP contribution in [0, 0.1) is 6.92 Å². The van der Waals surface area contributed by atoms with Crippen LogP contribution < -0.4 is 10.2 Å². The second-order valence-corrected chi connectivity index (χ2v) is 5.69. The molecule has 1 fully saturated rings. The summed E-state index contributed by atoms with van der Waals surface area (Å²) in [5.74, 6) is 0. The zero-order valence-electron chi connectivity index (χ0n) is 13.0. The van der Waals surface area contributed by atoms with E-state index < -0.39 is 0 Å². The number of aromatic nitrogens is 2. The first kappa shape index (κ1) is 14.0. The van der Waals surface area contributed by atoms with Gasteiger partial charge in [0.1, 0.15) is 0 Å². The van der Waals surface area contributed by atoms with E-state index >= 15 is 0 Å². The van der Waals surface area contributed by atoms with Gasteiger partial charge in [-0.25, -0.2) is 0 Å². The lowest BCUT2D eigenvalue weighted by Crippen LogP contribution is -2.17. The average Bonchev–Trinajstić information content (AvgIpc) is 3.17. The van der Waals surface area contributed by atoms with Crippen molar-refractivity contribution < 1.29 is 0 Å². The van der Waals surface area contributed by atoms with Crippen LogP contribution in [0.5, 0.6) is 0 Å². The second kappa shape index (κ2) is 6.20. The molecule has 1 N–H and O–H groups in total. The van der Waals surface area contributed by atoms with Crippen molar-refractivity contribution >= 4 is 11.4 Å². The third-order valence-corrected chi connectivity index (χ3v) is 4.25. The highest BCUT2D eigenvalue weighted by Crippen LogP contribution is 2.25. The highest BCUT2D eigenvalue weighted by Gasteiger charge is 2.13. The number of nitrogens with zero attached hydrogens (tertiary/aromatic N) is 3. The van der Waals surface area contributed by atoms with E-state index in [0.29, 0.717) is 0 Å². The molecule has 0 atom stereocenters. The molecule has 21 heavy (non-hydrogen) atoms. The number of hydrogen-bond donors (Lipinski definition) is 1. The van der Waals surface area contributed by atoms with Gasteiger partial charge >= 0.3 is 0 Å². The fraction of sp³-hybridized carbons (Fsp3) is 0.471. The molecule has 1 aliphatic rings. The molecule has 2 aromatic rings. The Balaban J connectivity index is 1.68. The minimum atomic E-state index is 0.817. The summed E-state index contributed by atoms with van der Waals surface area (Å²) in [6.45, 7) is 8.42. The number of benzene rings is 1.